The summed E-state index contributed by atoms with van der Waals surface area (Å²) in [6, 6.07) is 3.94. The molecular formula is C15H22ClN3O. The Labute approximate surface area is 125 Å². The van der Waals surface area contributed by atoms with Crippen molar-refractivity contribution in [2.24, 2.45) is 0 Å². The lowest BCUT2D eigenvalue weighted by molar-refractivity contribution is 0.222. The van der Waals surface area contributed by atoms with Crippen molar-refractivity contribution in [1.29, 1.82) is 0 Å². The highest BCUT2D eigenvalue weighted by Crippen LogP contribution is 2.34. The first-order valence-electron chi connectivity index (χ1n) is 6.74. The van der Waals surface area contributed by atoms with E-state index in [0.29, 0.717) is 5.02 Å². The van der Waals surface area contributed by atoms with Gasteiger partial charge in [-0.05, 0) is 37.4 Å². The molecule has 0 aliphatic carbocycles. The van der Waals surface area contributed by atoms with E-state index in [1.54, 1.807) is 6.08 Å². The van der Waals surface area contributed by atoms with Crippen LogP contribution in [0.3, 0.4) is 0 Å². The Balaban J connectivity index is 2.19. The predicted octanol–water partition coefficient (Wildman–Crippen LogP) is 1.82. The van der Waals surface area contributed by atoms with Crippen LogP contribution in [-0.2, 0) is 13.1 Å². The van der Waals surface area contributed by atoms with Gasteiger partial charge in [0, 0.05) is 26.7 Å². The molecule has 20 heavy (non-hydrogen) atoms. The van der Waals surface area contributed by atoms with Crippen LogP contribution in [0.2, 0.25) is 5.02 Å². The van der Waals surface area contributed by atoms with Gasteiger partial charge < -0.3 is 20.2 Å². The number of aliphatic hydroxyl groups excluding tert-OH is 1. The molecule has 1 aromatic carbocycles. The van der Waals surface area contributed by atoms with Crippen molar-refractivity contribution < 1.29 is 5.11 Å². The van der Waals surface area contributed by atoms with Gasteiger partial charge in [0.25, 0.3) is 0 Å². The zero-order valence-corrected chi connectivity index (χ0v) is 13.0. The summed E-state index contributed by atoms with van der Waals surface area (Å²) < 4.78 is 0. The number of benzene rings is 1. The van der Waals surface area contributed by atoms with E-state index in [-0.39, 0.29) is 0 Å². The van der Waals surface area contributed by atoms with Crippen LogP contribution < -0.4 is 10.2 Å². The average molecular weight is 296 g/mol. The number of aliphatic hydroxyl groups is 1. The molecule has 0 bridgehead atoms. The molecule has 0 spiro atoms. The van der Waals surface area contributed by atoms with Crippen LogP contribution in [0, 0.1) is 0 Å². The number of fused-ring (bicyclic) bond motifs is 1. The first-order valence-corrected chi connectivity index (χ1v) is 7.11. The van der Waals surface area contributed by atoms with Gasteiger partial charge in [-0.3, -0.25) is 0 Å². The number of hydrogen-bond donors (Lipinski definition) is 2. The zero-order valence-electron chi connectivity index (χ0n) is 12.2. The molecule has 1 aromatic rings. The monoisotopic (exact) mass is 295 g/mol. The van der Waals surface area contributed by atoms with Crippen molar-refractivity contribution in [2.75, 3.05) is 32.6 Å². The maximum absolute atomic E-state index is 10.3. The second-order valence-electron chi connectivity index (χ2n) is 5.35. The Morgan fingerprint density at radius 2 is 2.10 bits per heavy atom. The number of nitrogens with one attached hydrogen (secondary N) is 1. The summed E-state index contributed by atoms with van der Waals surface area (Å²) >= 11 is 6.32. The molecule has 0 saturated heterocycles. The molecule has 2 rings (SSSR count). The molecule has 110 valence electrons. The van der Waals surface area contributed by atoms with Crippen molar-refractivity contribution in [2.45, 2.75) is 19.3 Å². The first-order chi connectivity index (χ1) is 9.50. The second kappa shape index (κ2) is 6.59. The fraction of sp³-hybridized carbons (Fsp3) is 0.467. The quantitative estimate of drug-likeness (QED) is 0.642. The Morgan fingerprint density at radius 3 is 2.80 bits per heavy atom. The SMILES string of the molecule is CN(C)C/C=C/C(O)N(C)c1c(Cl)ccc2c1CNC2. The summed E-state index contributed by atoms with van der Waals surface area (Å²) in [4.78, 5) is 3.86. The van der Waals surface area contributed by atoms with Crippen molar-refractivity contribution in [3.63, 3.8) is 0 Å². The molecule has 0 aromatic heterocycles. The van der Waals surface area contributed by atoms with Crippen LogP contribution in [0.4, 0.5) is 5.69 Å². The van der Waals surface area contributed by atoms with Gasteiger partial charge in [0.1, 0.15) is 6.23 Å². The first kappa shape index (κ1) is 15.3. The van der Waals surface area contributed by atoms with Crippen molar-refractivity contribution in [3.05, 3.63) is 40.4 Å². The largest absolute Gasteiger partial charge is 0.370 e. The van der Waals surface area contributed by atoms with E-state index in [1.807, 2.05) is 49.2 Å². The Hall–Kier alpha value is -1.07. The molecule has 0 saturated carbocycles. The highest BCUT2D eigenvalue weighted by atomic mass is 35.5. The summed E-state index contributed by atoms with van der Waals surface area (Å²) in [5.74, 6) is 0. The molecular weight excluding hydrogens is 274 g/mol. The molecule has 1 heterocycles. The molecule has 0 fully saturated rings. The van der Waals surface area contributed by atoms with Crippen LogP contribution in [0.5, 0.6) is 0 Å². The summed E-state index contributed by atoms with van der Waals surface area (Å²) in [6.45, 7) is 2.46. The average Bonchev–Trinajstić information content (AvgIpc) is 2.85. The minimum atomic E-state index is -0.681. The van der Waals surface area contributed by atoms with E-state index in [1.165, 1.54) is 11.1 Å². The smallest absolute Gasteiger partial charge is 0.146 e. The Kier molecular flexibility index (Phi) is 5.05. The van der Waals surface area contributed by atoms with Gasteiger partial charge in [-0.25, -0.2) is 0 Å². The van der Waals surface area contributed by atoms with Crippen molar-refractivity contribution >= 4 is 17.3 Å². The highest BCUT2D eigenvalue weighted by Gasteiger charge is 2.21. The normalized spacial score (nSPS) is 15.9. The summed E-state index contributed by atoms with van der Waals surface area (Å²) in [5.41, 5.74) is 3.34. The molecule has 4 nitrogen and oxygen atoms in total. The van der Waals surface area contributed by atoms with Gasteiger partial charge in [-0.2, -0.15) is 0 Å². The van der Waals surface area contributed by atoms with Crippen molar-refractivity contribution in [1.82, 2.24) is 10.2 Å². The number of likely N-dealkylation sites (N-methyl/N-ethyl adjacent to an activating group) is 2. The minimum absolute atomic E-state index is 0.676. The summed E-state index contributed by atoms with van der Waals surface area (Å²) in [5, 5.41) is 14.3. The third-order valence-electron chi connectivity index (χ3n) is 3.48. The molecule has 5 heteroatoms. The third-order valence-corrected chi connectivity index (χ3v) is 3.78. The Bertz CT molecular complexity index is 502. The zero-order chi connectivity index (χ0) is 14.7. The lowest BCUT2D eigenvalue weighted by atomic mass is 10.1. The van der Waals surface area contributed by atoms with Gasteiger partial charge >= 0.3 is 0 Å². The van der Waals surface area contributed by atoms with E-state index in [2.05, 4.69) is 5.32 Å². The molecule has 0 radical (unpaired) electrons. The maximum Gasteiger partial charge on any atom is 0.146 e. The minimum Gasteiger partial charge on any atom is -0.370 e. The van der Waals surface area contributed by atoms with E-state index in [4.69, 9.17) is 11.6 Å². The number of rotatable bonds is 5. The van der Waals surface area contributed by atoms with Crippen LogP contribution in [0.15, 0.2) is 24.3 Å². The van der Waals surface area contributed by atoms with Gasteiger partial charge in [-0.1, -0.05) is 23.7 Å². The van der Waals surface area contributed by atoms with Gasteiger partial charge in [-0.15, -0.1) is 0 Å². The van der Waals surface area contributed by atoms with E-state index in [9.17, 15) is 5.11 Å². The lowest BCUT2D eigenvalue weighted by Gasteiger charge is -2.27. The topological polar surface area (TPSA) is 38.7 Å². The molecule has 1 aliphatic heterocycles. The fourth-order valence-electron chi connectivity index (χ4n) is 2.37. The third kappa shape index (κ3) is 3.33. The summed E-state index contributed by atoms with van der Waals surface area (Å²) in [7, 11) is 5.85. The van der Waals surface area contributed by atoms with Crippen LogP contribution in [0.1, 0.15) is 11.1 Å². The van der Waals surface area contributed by atoms with Gasteiger partial charge in [0.05, 0.1) is 10.7 Å². The molecule has 2 N–H and O–H groups in total. The standard InChI is InChI=1S/C15H22ClN3O/c1-18(2)8-4-5-14(20)19(3)15-12-10-17-9-11(12)6-7-13(15)16/h4-7,14,17,20H,8-10H2,1-3H3/b5-4+. The van der Waals surface area contributed by atoms with Crippen LogP contribution in [0.25, 0.3) is 0 Å². The van der Waals surface area contributed by atoms with E-state index in [0.717, 1.165) is 25.3 Å². The maximum atomic E-state index is 10.3. The van der Waals surface area contributed by atoms with Gasteiger partial charge in [0.2, 0.25) is 0 Å². The number of halogens is 1. The second-order valence-corrected chi connectivity index (χ2v) is 5.76. The molecule has 1 atom stereocenters. The molecule has 1 aliphatic rings. The number of anilines is 1. The lowest BCUT2D eigenvalue weighted by Crippen LogP contribution is -2.31. The Morgan fingerprint density at radius 1 is 1.35 bits per heavy atom. The van der Waals surface area contributed by atoms with E-state index < -0.39 is 6.23 Å². The number of hydrogen-bond acceptors (Lipinski definition) is 4. The van der Waals surface area contributed by atoms with Gasteiger partial charge in [0.15, 0.2) is 0 Å². The highest BCUT2D eigenvalue weighted by molar-refractivity contribution is 6.33. The van der Waals surface area contributed by atoms with Crippen LogP contribution in [-0.4, -0.2) is 43.9 Å². The fourth-order valence-corrected chi connectivity index (χ4v) is 2.68. The molecule has 0 amide bonds. The number of nitrogens with zero attached hydrogens (tertiary/aromatic N) is 2. The predicted molar refractivity (Wildman–Crippen MR) is 84.1 cm³/mol. The van der Waals surface area contributed by atoms with Crippen LogP contribution >= 0.6 is 11.6 Å². The van der Waals surface area contributed by atoms with Crippen molar-refractivity contribution in [3.8, 4) is 0 Å². The van der Waals surface area contributed by atoms with E-state index >= 15 is 0 Å². The summed E-state index contributed by atoms with van der Waals surface area (Å²) in [6.07, 6.45) is 3.06. The molecule has 1 unspecified atom stereocenters.